The van der Waals surface area contributed by atoms with E-state index in [4.69, 9.17) is 9.15 Å². The predicted octanol–water partition coefficient (Wildman–Crippen LogP) is 3.17. The van der Waals surface area contributed by atoms with Gasteiger partial charge >= 0.3 is 0 Å². The van der Waals surface area contributed by atoms with Gasteiger partial charge < -0.3 is 14.5 Å². The quantitative estimate of drug-likeness (QED) is 0.754. The summed E-state index contributed by atoms with van der Waals surface area (Å²) in [4.78, 5) is 4.48. The number of hydrogen-bond acceptors (Lipinski definition) is 4. The number of hydrogen-bond donors (Lipinski definition) is 1. The molecule has 4 heteroatoms. The average Bonchev–Trinajstić information content (AvgIpc) is 2.91. The number of ether oxygens (including phenoxy) is 1. The SMILES string of the molecule is CNCc1ccc2nc(CCOc3ccccc3)oc2c1. The third kappa shape index (κ3) is 3.41. The van der Waals surface area contributed by atoms with E-state index in [1.165, 1.54) is 5.56 Å². The molecular weight excluding hydrogens is 264 g/mol. The third-order valence-electron chi connectivity index (χ3n) is 3.21. The van der Waals surface area contributed by atoms with Crippen molar-refractivity contribution in [2.75, 3.05) is 13.7 Å². The summed E-state index contributed by atoms with van der Waals surface area (Å²) in [7, 11) is 1.93. The molecule has 0 bridgehead atoms. The average molecular weight is 282 g/mol. The molecule has 21 heavy (non-hydrogen) atoms. The predicted molar refractivity (Wildman–Crippen MR) is 82.4 cm³/mol. The fourth-order valence-electron chi connectivity index (χ4n) is 2.21. The molecule has 0 saturated carbocycles. The first-order chi connectivity index (χ1) is 10.3. The van der Waals surface area contributed by atoms with Crippen molar-refractivity contribution in [1.29, 1.82) is 0 Å². The topological polar surface area (TPSA) is 47.3 Å². The minimum absolute atomic E-state index is 0.556. The molecule has 0 spiro atoms. The highest BCUT2D eigenvalue weighted by atomic mass is 16.5. The Hall–Kier alpha value is -2.33. The van der Waals surface area contributed by atoms with E-state index in [2.05, 4.69) is 16.4 Å². The fourth-order valence-corrected chi connectivity index (χ4v) is 2.21. The molecule has 0 saturated heterocycles. The summed E-state index contributed by atoms with van der Waals surface area (Å²) in [6.07, 6.45) is 0.658. The summed E-state index contributed by atoms with van der Waals surface area (Å²) >= 11 is 0. The van der Waals surface area contributed by atoms with E-state index in [9.17, 15) is 0 Å². The number of fused-ring (bicyclic) bond motifs is 1. The van der Waals surface area contributed by atoms with Gasteiger partial charge in [0.15, 0.2) is 11.5 Å². The summed E-state index contributed by atoms with van der Waals surface area (Å²) in [5.74, 6) is 1.58. The Morgan fingerprint density at radius 1 is 1.14 bits per heavy atom. The Balaban J connectivity index is 1.64. The Bertz CT molecular complexity index is 707. The molecule has 1 heterocycles. The molecule has 0 aliphatic heterocycles. The van der Waals surface area contributed by atoms with Crippen LogP contribution in [0.5, 0.6) is 5.75 Å². The standard InChI is InChI=1S/C17H18N2O2/c1-18-12-13-7-8-15-16(11-13)21-17(19-15)9-10-20-14-5-3-2-4-6-14/h2-8,11,18H,9-10,12H2,1H3. The summed E-state index contributed by atoms with van der Waals surface area (Å²) in [6.45, 7) is 1.38. The zero-order valence-electron chi connectivity index (χ0n) is 12.0. The fraction of sp³-hybridized carbons (Fsp3) is 0.235. The van der Waals surface area contributed by atoms with Crippen molar-refractivity contribution in [1.82, 2.24) is 10.3 Å². The van der Waals surface area contributed by atoms with Crippen LogP contribution in [-0.4, -0.2) is 18.6 Å². The van der Waals surface area contributed by atoms with Crippen molar-refractivity contribution in [3.05, 3.63) is 60.0 Å². The normalized spacial score (nSPS) is 10.9. The van der Waals surface area contributed by atoms with E-state index >= 15 is 0 Å². The van der Waals surface area contributed by atoms with E-state index in [0.29, 0.717) is 18.9 Å². The molecule has 0 radical (unpaired) electrons. The Labute approximate surface area is 123 Å². The first kappa shape index (κ1) is 13.6. The van der Waals surface area contributed by atoms with Crippen LogP contribution >= 0.6 is 0 Å². The number of nitrogens with zero attached hydrogens (tertiary/aromatic N) is 1. The number of aromatic nitrogens is 1. The first-order valence-electron chi connectivity index (χ1n) is 7.06. The highest BCUT2D eigenvalue weighted by Crippen LogP contribution is 2.18. The Kier molecular flexibility index (Phi) is 4.17. The number of nitrogens with one attached hydrogen (secondary N) is 1. The van der Waals surface area contributed by atoms with Gasteiger partial charge in [0.25, 0.3) is 0 Å². The molecule has 3 aromatic rings. The maximum Gasteiger partial charge on any atom is 0.198 e. The monoisotopic (exact) mass is 282 g/mol. The lowest BCUT2D eigenvalue weighted by molar-refractivity contribution is 0.308. The second-order valence-corrected chi connectivity index (χ2v) is 4.85. The van der Waals surface area contributed by atoms with Gasteiger partial charge in [-0.1, -0.05) is 24.3 Å². The molecule has 108 valence electrons. The zero-order chi connectivity index (χ0) is 14.5. The van der Waals surface area contributed by atoms with E-state index in [0.717, 1.165) is 23.4 Å². The second kappa shape index (κ2) is 6.41. The number of benzene rings is 2. The van der Waals surface area contributed by atoms with Crippen molar-refractivity contribution >= 4 is 11.1 Å². The molecule has 0 aliphatic rings. The summed E-state index contributed by atoms with van der Waals surface area (Å²) in [5, 5.41) is 3.13. The smallest absolute Gasteiger partial charge is 0.198 e. The molecule has 4 nitrogen and oxygen atoms in total. The van der Waals surface area contributed by atoms with Crippen LogP contribution in [0.1, 0.15) is 11.5 Å². The summed E-state index contributed by atoms with van der Waals surface area (Å²) in [6, 6.07) is 15.8. The molecule has 0 fully saturated rings. The number of rotatable bonds is 6. The van der Waals surface area contributed by atoms with Crippen LogP contribution in [0.3, 0.4) is 0 Å². The van der Waals surface area contributed by atoms with Crippen LogP contribution in [0.2, 0.25) is 0 Å². The largest absolute Gasteiger partial charge is 0.493 e. The molecule has 2 aromatic carbocycles. The molecule has 1 aromatic heterocycles. The maximum absolute atomic E-state index is 5.77. The summed E-state index contributed by atoms with van der Waals surface area (Å²) in [5.41, 5.74) is 2.91. The number of para-hydroxylation sites is 1. The van der Waals surface area contributed by atoms with Gasteiger partial charge in [0.2, 0.25) is 0 Å². The van der Waals surface area contributed by atoms with Crippen molar-refractivity contribution in [2.24, 2.45) is 0 Å². The van der Waals surface area contributed by atoms with Gasteiger partial charge in [0.05, 0.1) is 13.0 Å². The van der Waals surface area contributed by atoms with Gasteiger partial charge in [-0.3, -0.25) is 0 Å². The highest BCUT2D eigenvalue weighted by molar-refractivity contribution is 5.73. The van der Waals surface area contributed by atoms with Crippen molar-refractivity contribution in [2.45, 2.75) is 13.0 Å². The van der Waals surface area contributed by atoms with Gasteiger partial charge in [-0.05, 0) is 36.9 Å². The molecule has 0 aliphatic carbocycles. The van der Waals surface area contributed by atoms with E-state index in [1.807, 2.05) is 49.5 Å². The maximum atomic E-state index is 5.77. The molecule has 3 rings (SSSR count). The van der Waals surface area contributed by atoms with E-state index in [1.54, 1.807) is 0 Å². The van der Waals surface area contributed by atoms with Crippen molar-refractivity contribution in [3.63, 3.8) is 0 Å². The van der Waals surface area contributed by atoms with Crippen LogP contribution in [0.25, 0.3) is 11.1 Å². The van der Waals surface area contributed by atoms with Gasteiger partial charge in [0, 0.05) is 6.54 Å². The van der Waals surface area contributed by atoms with Crippen LogP contribution in [0.4, 0.5) is 0 Å². The minimum Gasteiger partial charge on any atom is -0.493 e. The van der Waals surface area contributed by atoms with E-state index in [-0.39, 0.29) is 0 Å². The third-order valence-corrected chi connectivity index (χ3v) is 3.21. The molecular formula is C17H18N2O2. The number of oxazole rings is 1. The molecule has 0 unspecified atom stereocenters. The molecule has 0 atom stereocenters. The lowest BCUT2D eigenvalue weighted by Gasteiger charge is -2.03. The van der Waals surface area contributed by atoms with Crippen molar-refractivity contribution < 1.29 is 9.15 Å². The Morgan fingerprint density at radius 3 is 2.81 bits per heavy atom. The van der Waals surface area contributed by atoms with Crippen LogP contribution in [0.15, 0.2) is 52.9 Å². The first-order valence-corrected chi connectivity index (χ1v) is 7.06. The van der Waals surface area contributed by atoms with Crippen LogP contribution in [0, 0.1) is 0 Å². The van der Waals surface area contributed by atoms with E-state index < -0.39 is 0 Å². The van der Waals surface area contributed by atoms with Gasteiger partial charge in [-0.25, -0.2) is 4.98 Å². The van der Waals surface area contributed by atoms with Crippen molar-refractivity contribution in [3.8, 4) is 5.75 Å². The lowest BCUT2D eigenvalue weighted by atomic mass is 10.2. The summed E-state index contributed by atoms with van der Waals surface area (Å²) < 4.78 is 11.4. The minimum atomic E-state index is 0.556. The lowest BCUT2D eigenvalue weighted by Crippen LogP contribution is -2.04. The van der Waals surface area contributed by atoms with Crippen LogP contribution < -0.4 is 10.1 Å². The van der Waals surface area contributed by atoms with Crippen LogP contribution in [-0.2, 0) is 13.0 Å². The molecule has 1 N–H and O–H groups in total. The molecule has 0 amide bonds. The zero-order valence-corrected chi connectivity index (χ0v) is 12.0. The van der Waals surface area contributed by atoms with Gasteiger partial charge in [0.1, 0.15) is 11.3 Å². The highest BCUT2D eigenvalue weighted by Gasteiger charge is 2.06. The Morgan fingerprint density at radius 2 is 2.00 bits per heavy atom. The van der Waals surface area contributed by atoms with Gasteiger partial charge in [-0.15, -0.1) is 0 Å². The van der Waals surface area contributed by atoms with Gasteiger partial charge in [-0.2, -0.15) is 0 Å². The second-order valence-electron chi connectivity index (χ2n) is 4.85.